The standard InChI is InChI=1S/C24H22ClN3O/c1-15-5-10-23(11-16(15)2)28-17(3)12-19(18(28)4)13-20(14-26)24(29)27-22-8-6-21(25)7-9-22/h5-13H,1-4H3,(H,27,29)/b20-13-. The van der Waals surface area contributed by atoms with Crippen molar-refractivity contribution in [3.05, 3.63) is 87.2 Å². The number of nitriles is 1. The number of aryl methyl sites for hydroxylation is 3. The lowest BCUT2D eigenvalue weighted by Crippen LogP contribution is -2.13. The number of carbonyl (C=O) groups is 1. The van der Waals surface area contributed by atoms with Crippen LogP contribution in [0.2, 0.25) is 5.02 Å². The minimum absolute atomic E-state index is 0.0419. The Labute approximate surface area is 176 Å². The van der Waals surface area contributed by atoms with Gasteiger partial charge in [-0.15, -0.1) is 0 Å². The zero-order valence-electron chi connectivity index (χ0n) is 16.9. The molecule has 1 N–H and O–H groups in total. The van der Waals surface area contributed by atoms with Crippen LogP contribution < -0.4 is 5.32 Å². The van der Waals surface area contributed by atoms with Crippen molar-refractivity contribution in [2.45, 2.75) is 27.7 Å². The molecule has 0 unspecified atom stereocenters. The van der Waals surface area contributed by atoms with Crippen LogP contribution >= 0.6 is 11.6 Å². The molecule has 1 heterocycles. The monoisotopic (exact) mass is 403 g/mol. The summed E-state index contributed by atoms with van der Waals surface area (Å²) in [5.74, 6) is -0.453. The Balaban J connectivity index is 1.94. The number of benzene rings is 2. The van der Waals surface area contributed by atoms with Gasteiger partial charge in [0.15, 0.2) is 0 Å². The molecule has 3 rings (SSSR count). The van der Waals surface area contributed by atoms with E-state index < -0.39 is 5.91 Å². The number of nitrogens with zero attached hydrogens (tertiary/aromatic N) is 2. The minimum atomic E-state index is -0.453. The molecule has 0 aliphatic heterocycles. The van der Waals surface area contributed by atoms with Gasteiger partial charge in [-0.25, -0.2) is 0 Å². The molecule has 0 fully saturated rings. The van der Waals surface area contributed by atoms with Crippen LogP contribution in [0.3, 0.4) is 0 Å². The second-order valence-corrected chi connectivity index (χ2v) is 7.50. The van der Waals surface area contributed by atoms with E-state index in [4.69, 9.17) is 11.6 Å². The van der Waals surface area contributed by atoms with Gasteiger partial charge in [0.1, 0.15) is 11.6 Å². The molecule has 5 heteroatoms. The molecule has 0 saturated heterocycles. The van der Waals surface area contributed by atoms with Crippen LogP contribution in [0.1, 0.15) is 28.1 Å². The predicted octanol–water partition coefficient (Wildman–Crippen LogP) is 5.91. The first kappa shape index (κ1) is 20.4. The van der Waals surface area contributed by atoms with E-state index in [1.54, 1.807) is 30.3 Å². The zero-order valence-corrected chi connectivity index (χ0v) is 17.6. The van der Waals surface area contributed by atoms with Gasteiger partial charge < -0.3 is 9.88 Å². The summed E-state index contributed by atoms with van der Waals surface area (Å²) in [7, 11) is 0. The van der Waals surface area contributed by atoms with Gasteiger partial charge in [0.25, 0.3) is 5.91 Å². The highest BCUT2D eigenvalue weighted by molar-refractivity contribution is 6.30. The molecule has 146 valence electrons. The number of anilines is 1. The molecular formula is C24H22ClN3O. The third-order valence-electron chi connectivity index (χ3n) is 4.99. The molecule has 29 heavy (non-hydrogen) atoms. The Bertz CT molecular complexity index is 1150. The number of hydrogen-bond donors (Lipinski definition) is 1. The number of hydrogen-bond acceptors (Lipinski definition) is 2. The molecule has 0 spiro atoms. The summed E-state index contributed by atoms with van der Waals surface area (Å²) in [6.07, 6.45) is 1.63. The number of rotatable bonds is 4. The lowest BCUT2D eigenvalue weighted by atomic mass is 10.1. The minimum Gasteiger partial charge on any atom is -0.321 e. The second-order valence-electron chi connectivity index (χ2n) is 7.06. The Morgan fingerprint density at radius 3 is 2.34 bits per heavy atom. The summed E-state index contributed by atoms with van der Waals surface area (Å²) in [5, 5.41) is 12.8. The fraction of sp³-hybridized carbons (Fsp3) is 0.167. The van der Waals surface area contributed by atoms with E-state index in [1.807, 2.05) is 26.0 Å². The van der Waals surface area contributed by atoms with E-state index in [9.17, 15) is 10.1 Å². The smallest absolute Gasteiger partial charge is 0.266 e. The summed E-state index contributed by atoms with van der Waals surface area (Å²) < 4.78 is 2.13. The average Bonchev–Trinajstić information content (AvgIpc) is 2.97. The molecule has 1 amide bonds. The molecule has 0 atom stereocenters. The highest BCUT2D eigenvalue weighted by Crippen LogP contribution is 2.24. The number of nitrogens with one attached hydrogen (secondary N) is 1. The Morgan fingerprint density at radius 2 is 1.72 bits per heavy atom. The summed E-state index contributed by atoms with van der Waals surface area (Å²) in [6, 6.07) is 17.1. The van der Waals surface area contributed by atoms with Crippen LogP contribution in [-0.2, 0) is 4.79 Å². The predicted molar refractivity (Wildman–Crippen MR) is 118 cm³/mol. The average molecular weight is 404 g/mol. The second kappa shape index (κ2) is 8.38. The van der Waals surface area contributed by atoms with Gasteiger partial charge in [-0.1, -0.05) is 17.7 Å². The maximum absolute atomic E-state index is 12.5. The third kappa shape index (κ3) is 4.42. The largest absolute Gasteiger partial charge is 0.321 e. The summed E-state index contributed by atoms with van der Waals surface area (Å²) in [5.41, 5.74) is 6.98. The van der Waals surface area contributed by atoms with Crippen molar-refractivity contribution in [2.75, 3.05) is 5.32 Å². The normalized spacial score (nSPS) is 11.2. The summed E-state index contributed by atoms with van der Waals surface area (Å²) >= 11 is 5.87. The van der Waals surface area contributed by atoms with Crippen LogP contribution in [0.25, 0.3) is 11.8 Å². The number of carbonyl (C=O) groups excluding carboxylic acids is 1. The molecule has 2 aromatic carbocycles. The molecule has 1 aromatic heterocycles. The van der Waals surface area contributed by atoms with Crippen molar-refractivity contribution in [2.24, 2.45) is 0 Å². The van der Waals surface area contributed by atoms with Crippen LogP contribution in [0.4, 0.5) is 5.69 Å². The molecular weight excluding hydrogens is 382 g/mol. The van der Waals surface area contributed by atoms with Crippen molar-refractivity contribution < 1.29 is 4.79 Å². The summed E-state index contributed by atoms with van der Waals surface area (Å²) in [6.45, 7) is 8.17. The number of aromatic nitrogens is 1. The first-order chi connectivity index (χ1) is 13.8. The third-order valence-corrected chi connectivity index (χ3v) is 5.24. The highest BCUT2D eigenvalue weighted by Gasteiger charge is 2.14. The molecule has 0 bridgehead atoms. The molecule has 0 aliphatic carbocycles. The van der Waals surface area contributed by atoms with Crippen LogP contribution in [-0.4, -0.2) is 10.5 Å². The fourth-order valence-electron chi connectivity index (χ4n) is 3.23. The lowest BCUT2D eigenvalue weighted by molar-refractivity contribution is -0.112. The fourth-order valence-corrected chi connectivity index (χ4v) is 3.36. The van der Waals surface area contributed by atoms with E-state index >= 15 is 0 Å². The van der Waals surface area contributed by atoms with Gasteiger partial charge in [-0.05, 0) is 92.9 Å². The van der Waals surface area contributed by atoms with Gasteiger partial charge >= 0.3 is 0 Å². The van der Waals surface area contributed by atoms with Crippen molar-refractivity contribution in [1.29, 1.82) is 5.26 Å². The van der Waals surface area contributed by atoms with Crippen LogP contribution in [0.15, 0.2) is 54.1 Å². The lowest BCUT2D eigenvalue weighted by Gasteiger charge is -2.12. The number of halogens is 1. The first-order valence-corrected chi connectivity index (χ1v) is 9.63. The molecule has 3 aromatic rings. The van der Waals surface area contributed by atoms with E-state index in [2.05, 4.69) is 41.9 Å². The van der Waals surface area contributed by atoms with Gasteiger partial charge in [-0.2, -0.15) is 5.26 Å². The van der Waals surface area contributed by atoms with Crippen LogP contribution in [0, 0.1) is 39.0 Å². The van der Waals surface area contributed by atoms with Crippen molar-refractivity contribution in [3.63, 3.8) is 0 Å². The number of amides is 1. The maximum Gasteiger partial charge on any atom is 0.266 e. The maximum atomic E-state index is 12.5. The van der Waals surface area contributed by atoms with Crippen molar-refractivity contribution in [1.82, 2.24) is 4.57 Å². The van der Waals surface area contributed by atoms with Gasteiger partial charge in [0.2, 0.25) is 0 Å². The quantitative estimate of drug-likeness (QED) is 0.434. The van der Waals surface area contributed by atoms with Crippen molar-refractivity contribution >= 4 is 29.3 Å². The van der Waals surface area contributed by atoms with E-state index in [0.29, 0.717) is 10.7 Å². The van der Waals surface area contributed by atoms with Gasteiger partial charge in [0, 0.05) is 27.8 Å². The molecule has 0 saturated carbocycles. The molecule has 0 radical (unpaired) electrons. The topological polar surface area (TPSA) is 57.8 Å². The van der Waals surface area contributed by atoms with E-state index in [-0.39, 0.29) is 5.57 Å². The Kier molecular flexibility index (Phi) is 5.91. The van der Waals surface area contributed by atoms with Gasteiger partial charge in [0.05, 0.1) is 0 Å². The zero-order chi connectivity index (χ0) is 21.1. The SMILES string of the molecule is Cc1ccc(-n2c(C)cc(/C=C(/C#N)C(=O)Nc3ccc(Cl)cc3)c2C)cc1C. The highest BCUT2D eigenvalue weighted by atomic mass is 35.5. The first-order valence-electron chi connectivity index (χ1n) is 9.25. The van der Waals surface area contributed by atoms with Crippen LogP contribution in [0.5, 0.6) is 0 Å². The molecule has 4 nitrogen and oxygen atoms in total. The molecule has 0 aliphatic rings. The Hall–Kier alpha value is -3.29. The summed E-state index contributed by atoms with van der Waals surface area (Å²) in [4.78, 5) is 12.5. The van der Waals surface area contributed by atoms with E-state index in [1.165, 1.54) is 11.1 Å². The van der Waals surface area contributed by atoms with Gasteiger partial charge in [-0.3, -0.25) is 4.79 Å². The Morgan fingerprint density at radius 1 is 1.03 bits per heavy atom. The van der Waals surface area contributed by atoms with Crippen molar-refractivity contribution in [3.8, 4) is 11.8 Å². The van der Waals surface area contributed by atoms with E-state index in [0.717, 1.165) is 22.6 Å².